The Morgan fingerprint density at radius 1 is 0.846 bits per heavy atom. The maximum Gasteiger partial charge on any atom is 0.329 e. The zero-order valence-electron chi connectivity index (χ0n) is 40.6. The Labute approximate surface area is 387 Å². The van der Waals surface area contributed by atoms with Gasteiger partial charge in [0.2, 0.25) is 5.79 Å². The number of fused-ring (bicyclic) bond motifs is 3. The predicted molar refractivity (Wildman–Crippen MR) is 245 cm³/mol. The monoisotopic (exact) mass is 914 g/mol. The van der Waals surface area contributed by atoms with E-state index in [0.29, 0.717) is 63.4 Å². The third kappa shape index (κ3) is 14.3. The van der Waals surface area contributed by atoms with Crippen molar-refractivity contribution in [3.8, 4) is 0 Å². The Hall–Kier alpha value is -3.37. The van der Waals surface area contributed by atoms with Crippen LogP contribution >= 0.6 is 0 Å². The van der Waals surface area contributed by atoms with Gasteiger partial charge in [-0.2, -0.15) is 0 Å². The van der Waals surface area contributed by atoms with E-state index in [1.807, 2.05) is 58.1 Å². The van der Waals surface area contributed by atoms with Crippen molar-refractivity contribution in [1.82, 2.24) is 4.90 Å². The molecule has 0 aromatic rings. The third-order valence-electron chi connectivity index (χ3n) is 14.5. The first-order chi connectivity index (χ1) is 30.7. The normalized spacial score (nSPS) is 40.4. The molecule has 3 heterocycles. The highest BCUT2D eigenvalue weighted by atomic mass is 16.6. The van der Waals surface area contributed by atoms with Crippen molar-refractivity contribution in [3.05, 3.63) is 47.6 Å². The standard InChI is InChI=1S/C51H79NO13/c1-30-16-12-11-13-17-31(2)42(61-8)28-38-21-19-36(7)51(60,65-38)48(57)49(58)52-23-15-14-18-39(52)50(59)64-43(33(4)26-37-20-22-40(53)44(27-37)62-9)29-41(54)32(3)25-35(6)46(56)47(63-10)45(55)34(5)24-30/h11-13,16-17,25,30,32-34,36-40,42-44,46-47,53,56,60H,14-15,18-24,26-29H2,1-10H3/b13-11+,16-12+,31-17+,35-25+/t30-,32-,33+,34+,36-,37+,38+,39+,40-,42-,43+,44-,46-,47+,51-/m1/s1. The quantitative estimate of drug-likeness (QED) is 0.156. The van der Waals surface area contributed by atoms with Gasteiger partial charge in [-0.25, -0.2) is 4.79 Å². The number of rotatable bonds is 6. The lowest BCUT2D eigenvalue weighted by atomic mass is 9.78. The number of carbonyl (C=O) groups excluding carboxylic acids is 5. The lowest BCUT2D eigenvalue weighted by Gasteiger charge is -2.42. The molecule has 4 rings (SSSR count). The molecule has 0 aromatic heterocycles. The van der Waals surface area contributed by atoms with Crippen molar-refractivity contribution >= 4 is 29.2 Å². The molecule has 2 saturated heterocycles. The van der Waals surface area contributed by atoms with Crippen molar-refractivity contribution in [2.75, 3.05) is 27.9 Å². The predicted octanol–water partition coefficient (Wildman–Crippen LogP) is 6.18. The molecule has 15 atom stereocenters. The number of aliphatic hydroxyl groups is 3. The van der Waals surface area contributed by atoms with Crippen molar-refractivity contribution in [2.24, 2.45) is 35.5 Å². The van der Waals surface area contributed by atoms with Crippen LogP contribution in [0.3, 0.4) is 0 Å². The maximum absolute atomic E-state index is 14.4. The molecule has 14 nitrogen and oxygen atoms in total. The zero-order valence-corrected chi connectivity index (χ0v) is 40.6. The van der Waals surface area contributed by atoms with Gasteiger partial charge in [0, 0.05) is 58.5 Å². The van der Waals surface area contributed by atoms with E-state index in [-0.39, 0.29) is 54.8 Å². The summed E-state index contributed by atoms with van der Waals surface area (Å²) in [5.41, 5.74) is 1.27. The number of hydrogen-bond donors (Lipinski definition) is 3. The van der Waals surface area contributed by atoms with Gasteiger partial charge in [0.05, 0.1) is 24.4 Å². The lowest BCUT2D eigenvalue weighted by Crippen LogP contribution is -2.61. The van der Waals surface area contributed by atoms with Gasteiger partial charge in [0.15, 0.2) is 5.78 Å². The number of aliphatic hydroxyl groups excluding tert-OH is 2. The molecule has 4 aliphatic rings. The van der Waals surface area contributed by atoms with Crippen LogP contribution in [0.1, 0.15) is 126 Å². The highest BCUT2D eigenvalue weighted by Crippen LogP contribution is 2.38. The lowest BCUT2D eigenvalue weighted by molar-refractivity contribution is -0.265. The Bertz CT molecular complexity index is 1760. The van der Waals surface area contributed by atoms with Crippen LogP contribution in [0.15, 0.2) is 47.6 Å². The molecule has 65 heavy (non-hydrogen) atoms. The second kappa shape index (κ2) is 25.1. The summed E-state index contributed by atoms with van der Waals surface area (Å²) in [7, 11) is 4.52. The molecule has 3 N–H and O–H groups in total. The number of Topliss-reactive ketones (excluding diaryl/α,β-unsaturated/α-hetero) is 3. The summed E-state index contributed by atoms with van der Waals surface area (Å²) < 4.78 is 29.4. The zero-order chi connectivity index (χ0) is 48.2. The van der Waals surface area contributed by atoms with Crippen molar-refractivity contribution < 1.29 is 63.0 Å². The van der Waals surface area contributed by atoms with Gasteiger partial charge in [-0.05, 0) is 107 Å². The first-order valence-electron chi connectivity index (χ1n) is 23.9. The van der Waals surface area contributed by atoms with Crippen LogP contribution in [0.4, 0.5) is 0 Å². The van der Waals surface area contributed by atoms with Crippen LogP contribution in [0, 0.1) is 35.5 Å². The molecular formula is C51H79NO13. The fourth-order valence-corrected chi connectivity index (χ4v) is 10.1. The van der Waals surface area contributed by atoms with Gasteiger partial charge >= 0.3 is 5.97 Å². The number of cyclic esters (lactones) is 1. The summed E-state index contributed by atoms with van der Waals surface area (Å²) in [6.07, 6.45) is 11.2. The average molecular weight is 914 g/mol. The highest BCUT2D eigenvalue weighted by Gasteiger charge is 2.53. The van der Waals surface area contributed by atoms with E-state index in [0.717, 1.165) is 12.0 Å². The molecule has 1 aliphatic carbocycles. The van der Waals surface area contributed by atoms with E-state index < -0.39 is 83.9 Å². The molecule has 14 heteroatoms. The summed E-state index contributed by atoms with van der Waals surface area (Å²) in [5, 5.41) is 33.8. The van der Waals surface area contributed by atoms with Gasteiger partial charge in [0.25, 0.3) is 11.7 Å². The maximum atomic E-state index is 14.4. The van der Waals surface area contributed by atoms with Gasteiger partial charge in [-0.3, -0.25) is 19.2 Å². The second-order valence-electron chi connectivity index (χ2n) is 19.6. The fraction of sp³-hybridized carbons (Fsp3) is 0.745. The SMILES string of the molecule is CO[C@@H]1C[C@@H]2CC[C@@H](C)[C@@](O)(O2)C(=O)C(=O)N2CCCC[C@H]2C(=O)O[C@H]([C@@H](C)C[C@@H]2CC[C@@H](O)[C@H](OC)C2)CC(=O)[C@H](C)/C=C(\C)[C@@H](O)[C@@H](OC)C(=O)[C@@H](C)C[C@H](C)/C=C/C=C/C=C/1C. The summed E-state index contributed by atoms with van der Waals surface area (Å²) in [6, 6.07) is -1.14. The van der Waals surface area contributed by atoms with E-state index in [4.69, 9.17) is 23.7 Å². The van der Waals surface area contributed by atoms with Crippen LogP contribution in [0.25, 0.3) is 0 Å². The summed E-state index contributed by atoms with van der Waals surface area (Å²) in [4.78, 5) is 71.8. The minimum Gasteiger partial charge on any atom is -0.460 e. The summed E-state index contributed by atoms with van der Waals surface area (Å²) in [5.74, 6) is -7.96. The molecule has 366 valence electrons. The molecule has 3 aliphatic heterocycles. The van der Waals surface area contributed by atoms with Crippen molar-refractivity contribution in [1.29, 1.82) is 0 Å². The van der Waals surface area contributed by atoms with E-state index in [1.165, 1.54) is 12.0 Å². The molecule has 1 amide bonds. The van der Waals surface area contributed by atoms with E-state index >= 15 is 0 Å². The third-order valence-corrected chi connectivity index (χ3v) is 14.5. The Morgan fingerprint density at radius 3 is 2.25 bits per heavy atom. The topological polar surface area (TPSA) is 195 Å². The van der Waals surface area contributed by atoms with E-state index in [9.17, 15) is 39.3 Å². The number of hydrogen-bond acceptors (Lipinski definition) is 13. The van der Waals surface area contributed by atoms with Crippen molar-refractivity contribution in [3.63, 3.8) is 0 Å². The van der Waals surface area contributed by atoms with Crippen LogP contribution in [0.2, 0.25) is 0 Å². The molecular weight excluding hydrogens is 835 g/mol. The number of allylic oxidation sites excluding steroid dienone is 6. The van der Waals surface area contributed by atoms with Crippen molar-refractivity contribution in [2.45, 2.75) is 180 Å². The number of amides is 1. The molecule has 1 saturated carbocycles. The largest absolute Gasteiger partial charge is 0.460 e. The summed E-state index contributed by atoms with van der Waals surface area (Å²) in [6.45, 7) is 12.7. The fourth-order valence-electron chi connectivity index (χ4n) is 10.1. The molecule has 0 radical (unpaired) electrons. The molecule has 0 unspecified atom stereocenters. The molecule has 0 aromatic carbocycles. The van der Waals surface area contributed by atoms with Gasteiger partial charge in [-0.1, -0.05) is 71.1 Å². The van der Waals surface area contributed by atoms with Crippen LogP contribution in [-0.4, -0.2) is 132 Å². The number of esters is 1. The minimum absolute atomic E-state index is 0.0193. The smallest absolute Gasteiger partial charge is 0.329 e. The Balaban J connectivity index is 1.70. The van der Waals surface area contributed by atoms with Gasteiger partial charge in [0.1, 0.15) is 30.1 Å². The Morgan fingerprint density at radius 2 is 1.57 bits per heavy atom. The average Bonchev–Trinajstić information content (AvgIpc) is 3.28. The van der Waals surface area contributed by atoms with E-state index in [1.54, 1.807) is 41.1 Å². The number of carbonyl (C=O) groups is 5. The van der Waals surface area contributed by atoms with Gasteiger partial charge < -0.3 is 43.9 Å². The Kier molecular flexibility index (Phi) is 21.0. The number of methoxy groups -OCH3 is 3. The number of ether oxygens (including phenoxy) is 5. The van der Waals surface area contributed by atoms with Gasteiger partial charge in [-0.15, -0.1) is 0 Å². The van der Waals surface area contributed by atoms with Crippen LogP contribution in [-0.2, 0) is 47.7 Å². The second-order valence-corrected chi connectivity index (χ2v) is 19.6. The highest BCUT2D eigenvalue weighted by molar-refractivity contribution is 6.39. The molecule has 3 fully saturated rings. The van der Waals surface area contributed by atoms with Crippen LogP contribution in [0.5, 0.6) is 0 Å². The first-order valence-corrected chi connectivity index (χ1v) is 23.9. The minimum atomic E-state index is -2.43. The van der Waals surface area contributed by atoms with Crippen LogP contribution < -0.4 is 0 Å². The first kappa shape index (κ1) is 54.2. The summed E-state index contributed by atoms with van der Waals surface area (Å²) >= 11 is 0. The van der Waals surface area contributed by atoms with E-state index in [2.05, 4.69) is 0 Å². The number of piperidine rings is 1. The molecule has 2 bridgehead atoms. The number of nitrogens with zero attached hydrogens (tertiary/aromatic N) is 1. The molecule has 0 spiro atoms. The number of ketones is 3.